The van der Waals surface area contributed by atoms with Gasteiger partial charge < -0.3 is 10.6 Å². The van der Waals surface area contributed by atoms with E-state index in [9.17, 15) is 0 Å². The SMILES string of the molecule is CCCCN(C)CCN. The van der Waals surface area contributed by atoms with Crippen molar-refractivity contribution in [2.75, 3.05) is 26.7 Å². The summed E-state index contributed by atoms with van der Waals surface area (Å²) >= 11 is 0. The Balaban J connectivity index is 2.95. The average molecular weight is 130 g/mol. The Morgan fingerprint density at radius 3 is 2.44 bits per heavy atom. The lowest BCUT2D eigenvalue weighted by atomic mass is 10.3. The molecule has 2 heteroatoms. The highest BCUT2D eigenvalue weighted by Crippen LogP contribution is 1.89. The molecule has 0 aromatic heterocycles. The molecule has 2 N–H and O–H groups in total. The first-order chi connectivity index (χ1) is 4.31. The highest BCUT2D eigenvalue weighted by atomic mass is 15.1. The van der Waals surface area contributed by atoms with Gasteiger partial charge in [-0.2, -0.15) is 0 Å². The second-order valence-electron chi connectivity index (χ2n) is 2.45. The Morgan fingerprint density at radius 2 is 2.00 bits per heavy atom. The summed E-state index contributed by atoms with van der Waals surface area (Å²) in [6.07, 6.45) is 2.56. The zero-order valence-electron chi connectivity index (χ0n) is 6.56. The highest BCUT2D eigenvalue weighted by molar-refractivity contribution is 4.49. The first kappa shape index (κ1) is 8.92. The van der Waals surface area contributed by atoms with Crippen LogP contribution in [-0.2, 0) is 0 Å². The van der Waals surface area contributed by atoms with Crippen molar-refractivity contribution in [2.24, 2.45) is 5.73 Å². The van der Waals surface area contributed by atoms with E-state index in [1.807, 2.05) is 0 Å². The van der Waals surface area contributed by atoms with E-state index < -0.39 is 0 Å². The number of unbranched alkanes of at least 4 members (excludes halogenated alkanes) is 1. The fourth-order valence-corrected chi connectivity index (χ4v) is 0.760. The number of hydrogen-bond acceptors (Lipinski definition) is 2. The van der Waals surface area contributed by atoms with Crippen LogP contribution in [0.1, 0.15) is 19.8 Å². The Bertz CT molecular complexity index is 54.9. The lowest BCUT2D eigenvalue weighted by Gasteiger charge is -2.13. The fourth-order valence-electron chi connectivity index (χ4n) is 0.760. The van der Waals surface area contributed by atoms with E-state index >= 15 is 0 Å². The summed E-state index contributed by atoms with van der Waals surface area (Å²) in [5.41, 5.74) is 5.36. The molecular formula is C7H18N2. The summed E-state index contributed by atoms with van der Waals surface area (Å²) in [5, 5.41) is 0. The maximum absolute atomic E-state index is 5.36. The molecule has 0 saturated heterocycles. The van der Waals surface area contributed by atoms with E-state index in [0.29, 0.717) is 0 Å². The molecule has 0 aliphatic heterocycles. The highest BCUT2D eigenvalue weighted by Gasteiger charge is 1.92. The molecule has 0 aromatic carbocycles. The monoisotopic (exact) mass is 130 g/mol. The summed E-state index contributed by atoms with van der Waals surface area (Å²) in [7, 11) is 2.11. The molecule has 0 bridgehead atoms. The van der Waals surface area contributed by atoms with Gasteiger partial charge in [0.15, 0.2) is 0 Å². The average Bonchev–Trinajstić information content (AvgIpc) is 1.85. The van der Waals surface area contributed by atoms with Crippen LogP contribution >= 0.6 is 0 Å². The standard InChI is InChI=1S/C7H18N2/c1-3-4-6-9(2)7-5-8/h3-8H2,1-2H3. The van der Waals surface area contributed by atoms with Gasteiger partial charge in [-0.25, -0.2) is 0 Å². The van der Waals surface area contributed by atoms with E-state index in [4.69, 9.17) is 5.73 Å². The fraction of sp³-hybridized carbons (Fsp3) is 1.00. The molecule has 2 nitrogen and oxygen atoms in total. The maximum atomic E-state index is 5.36. The Kier molecular flexibility index (Phi) is 5.99. The van der Waals surface area contributed by atoms with Crippen LogP contribution in [0.2, 0.25) is 0 Å². The molecule has 0 aliphatic rings. The minimum Gasteiger partial charge on any atom is -0.329 e. The lowest BCUT2D eigenvalue weighted by molar-refractivity contribution is 0.337. The summed E-state index contributed by atoms with van der Waals surface area (Å²) in [4.78, 5) is 2.27. The third kappa shape index (κ3) is 5.80. The van der Waals surface area contributed by atoms with Crippen LogP contribution in [0.15, 0.2) is 0 Å². The molecule has 0 heterocycles. The van der Waals surface area contributed by atoms with Crippen molar-refractivity contribution in [1.82, 2.24) is 4.90 Å². The largest absolute Gasteiger partial charge is 0.329 e. The number of rotatable bonds is 5. The first-order valence-corrected chi connectivity index (χ1v) is 3.70. The summed E-state index contributed by atoms with van der Waals surface area (Å²) in [5.74, 6) is 0. The maximum Gasteiger partial charge on any atom is 0.0102 e. The topological polar surface area (TPSA) is 29.3 Å². The number of nitrogens with zero attached hydrogens (tertiary/aromatic N) is 1. The van der Waals surface area contributed by atoms with Crippen molar-refractivity contribution in [3.05, 3.63) is 0 Å². The van der Waals surface area contributed by atoms with Crippen LogP contribution < -0.4 is 5.73 Å². The summed E-state index contributed by atoms with van der Waals surface area (Å²) in [6.45, 7) is 5.20. The second-order valence-corrected chi connectivity index (χ2v) is 2.45. The molecule has 0 aromatic rings. The van der Waals surface area contributed by atoms with E-state index in [-0.39, 0.29) is 0 Å². The molecule has 56 valence electrons. The smallest absolute Gasteiger partial charge is 0.0102 e. The normalized spacial score (nSPS) is 10.7. The van der Waals surface area contributed by atoms with Gasteiger partial charge in [-0.1, -0.05) is 13.3 Å². The zero-order valence-corrected chi connectivity index (χ0v) is 6.56. The van der Waals surface area contributed by atoms with Crippen molar-refractivity contribution < 1.29 is 0 Å². The number of likely N-dealkylation sites (N-methyl/N-ethyl adjacent to an activating group) is 1. The van der Waals surface area contributed by atoms with Crippen molar-refractivity contribution >= 4 is 0 Å². The Morgan fingerprint density at radius 1 is 1.33 bits per heavy atom. The van der Waals surface area contributed by atoms with Gasteiger partial charge in [0.1, 0.15) is 0 Å². The van der Waals surface area contributed by atoms with E-state index in [0.717, 1.165) is 13.1 Å². The van der Waals surface area contributed by atoms with Gasteiger partial charge >= 0.3 is 0 Å². The van der Waals surface area contributed by atoms with E-state index in [1.54, 1.807) is 0 Å². The second kappa shape index (κ2) is 6.05. The predicted octanol–water partition coefficient (Wildman–Crippen LogP) is 0.677. The van der Waals surface area contributed by atoms with Crippen LogP contribution in [0.5, 0.6) is 0 Å². The van der Waals surface area contributed by atoms with Crippen molar-refractivity contribution in [3.63, 3.8) is 0 Å². The molecular weight excluding hydrogens is 112 g/mol. The molecule has 0 atom stereocenters. The quantitative estimate of drug-likeness (QED) is 0.593. The third-order valence-electron chi connectivity index (χ3n) is 1.40. The molecule has 9 heavy (non-hydrogen) atoms. The predicted molar refractivity (Wildman–Crippen MR) is 41.5 cm³/mol. The van der Waals surface area contributed by atoms with Gasteiger partial charge in [-0.05, 0) is 20.0 Å². The van der Waals surface area contributed by atoms with Gasteiger partial charge in [0.25, 0.3) is 0 Å². The minimum atomic E-state index is 0.778. The molecule has 0 spiro atoms. The van der Waals surface area contributed by atoms with Crippen LogP contribution in [0.25, 0.3) is 0 Å². The van der Waals surface area contributed by atoms with E-state index in [1.165, 1.54) is 19.4 Å². The Labute approximate surface area is 58.0 Å². The lowest BCUT2D eigenvalue weighted by Crippen LogP contribution is -2.26. The van der Waals surface area contributed by atoms with Gasteiger partial charge in [0, 0.05) is 13.1 Å². The summed E-state index contributed by atoms with van der Waals surface area (Å²) < 4.78 is 0. The molecule has 0 rings (SSSR count). The molecule has 0 amide bonds. The Hall–Kier alpha value is -0.0800. The van der Waals surface area contributed by atoms with Crippen LogP contribution in [0.3, 0.4) is 0 Å². The van der Waals surface area contributed by atoms with Gasteiger partial charge in [-0.3, -0.25) is 0 Å². The number of hydrogen-bond donors (Lipinski definition) is 1. The molecule has 0 aliphatic carbocycles. The van der Waals surface area contributed by atoms with Crippen molar-refractivity contribution in [3.8, 4) is 0 Å². The van der Waals surface area contributed by atoms with Crippen molar-refractivity contribution in [1.29, 1.82) is 0 Å². The molecule has 0 saturated carbocycles. The third-order valence-corrected chi connectivity index (χ3v) is 1.40. The van der Waals surface area contributed by atoms with E-state index in [2.05, 4.69) is 18.9 Å². The molecule has 0 radical (unpaired) electrons. The minimum absolute atomic E-state index is 0.778. The molecule has 0 fully saturated rings. The van der Waals surface area contributed by atoms with Gasteiger partial charge in [0.2, 0.25) is 0 Å². The molecule has 0 unspecified atom stereocenters. The van der Waals surface area contributed by atoms with Crippen molar-refractivity contribution in [2.45, 2.75) is 19.8 Å². The van der Waals surface area contributed by atoms with Crippen LogP contribution in [0.4, 0.5) is 0 Å². The number of nitrogens with two attached hydrogens (primary N) is 1. The summed E-state index contributed by atoms with van der Waals surface area (Å²) in [6, 6.07) is 0. The van der Waals surface area contributed by atoms with Crippen LogP contribution in [-0.4, -0.2) is 31.6 Å². The van der Waals surface area contributed by atoms with Gasteiger partial charge in [0.05, 0.1) is 0 Å². The van der Waals surface area contributed by atoms with Gasteiger partial charge in [-0.15, -0.1) is 0 Å². The first-order valence-electron chi connectivity index (χ1n) is 3.70. The van der Waals surface area contributed by atoms with Crippen LogP contribution in [0, 0.1) is 0 Å². The zero-order chi connectivity index (χ0) is 7.11.